The quantitative estimate of drug-likeness (QED) is 0.699. The van der Waals surface area contributed by atoms with Crippen LogP contribution in [0.2, 0.25) is 0 Å². The standard InChI is InChI=1S/C21H32N4O3/c1-3-20(26)24-19-13-17(7-6-15(19)2)23-21(27)22-16-8-10-25(11-9-16)14-18-5-4-12-28-18/h6-7,13,16,18H,3-5,8-12,14H2,1-2H3,(H,24,26)(H2,22,23,27)/t18-/m0/s1. The first-order chi connectivity index (χ1) is 13.5. The third kappa shape index (κ3) is 5.94. The molecule has 1 atom stereocenters. The van der Waals surface area contributed by atoms with Gasteiger partial charge >= 0.3 is 6.03 Å². The molecule has 0 aromatic heterocycles. The summed E-state index contributed by atoms with van der Waals surface area (Å²) in [5, 5.41) is 8.82. The van der Waals surface area contributed by atoms with E-state index in [1.165, 1.54) is 6.42 Å². The maximum Gasteiger partial charge on any atom is 0.319 e. The molecule has 3 rings (SSSR count). The summed E-state index contributed by atoms with van der Waals surface area (Å²) in [6, 6.07) is 5.53. The van der Waals surface area contributed by atoms with E-state index in [-0.39, 0.29) is 18.0 Å². The molecule has 7 nitrogen and oxygen atoms in total. The van der Waals surface area contributed by atoms with Crippen LogP contribution < -0.4 is 16.0 Å². The highest BCUT2D eigenvalue weighted by Crippen LogP contribution is 2.21. The first kappa shape index (κ1) is 20.6. The fourth-order valence-corrected chi connectivity index (χ4v) is 3.76. The van der Waals surface area contributed by atoms with E-state index in [9.17, 15) is 9.59 Å². The summed E-state index contributed by atoms with van der Waals surface area (Å²) in [6.45, 7) is 7.62. The van der Waals surface area contributed by atoms with Crippen molar-refractivity contribution in [3.63, 3.8) is 0 Å². The lowest BCUT2D eigenvalue weighted by atomic mass is 10.0. The third-order valence-corrected chi connectivity index (χ3v) is 5.50. The van der Waals surface area contributed by atoms with Crippen LogP contribution in [0.15, 0.2) is 18.2 Å². The van der Waals surface area contributed by atoms with Crippen LogP contribution in [-0.2, 0) is 9.53 Å². The van der Waals surface area contributed by atoms with Crippen LogP contribution >= 0.6 is 0 Å². The Morgan fingerprint density at radius 3 is 2.64 bits per heavy atom. The Morgan fingerprint density at radius 1 is 1.18 bits per heavy atom. The number of ether oxygens (including phenoxy) is 1. The topological polar surface area (TPSA) is 82.7 Å². The zero-order chi connectivity index (χ0) is 19.9. The molecule has 154 valence electrons. The summed E-state index contributed by atoms with van der Waals surface area (Å²) in [4.78, 5) is 26.5. The average Bonchev–Trinajstić information content (AvgIpc) is 3.19. The second-order valence-electron chi connectivity index (χ2n) is 7.74. The zero-order valence-corrected chi connectivity index (χ0v) is 16.9. The fourth-order valence-electron chi connectivity index (χ4n) is 3.76. The number of benzene rings is 1. The van der Waals surface area contributed by atoms with E-state index in [1.807, 2.05) is 26.0 Å². The minimum absolute atomic E-state index is 0.0422. The van der Waals surface area contributed by atoms with E-state index in [0.717, 1.165) is 56.8 Å². The van der Waals surface area contributed by atoms with Crippen molar-refractivity contribution >= 4 is 23.3 Å². The van der Waals surface area contributed by atoms with Gasteiger partial charge in [0.05, 0.1) is 6.10 Å². The van der Waals surface area contributed by atoms with Crippen molar-refractivity contribution in [3.05, 3.63) is 23.8 Å². The van der Waals surface area contributed by atoms with Crippen molar-refractivity contribution in [2.75, 3.05) is 36.9 Å². The highest BCUT2D eigenvalue weighted by Gasteiger charge is 2.24. The monoisotopic (exact) mass is 388 g/mol. The van der Waals surface area contributed by atoms with Gasteiger partial charge in [0.15, 0.2) is 0 Å². The molecule has 28 heavy (non-hydrogen) atoms. The third-order valence-electron chi connectivity index (χ3n) is 5.50. The SMILES string of the molecule is CCC(=O)Nc1cc(NC(=O)NC2CCN(C[C@@H]3CCCO3)CC2)ccc1C. The van der Waals surface area contributed by atoms with Crippen molar-refractivity contribution < 1.29 is 14.3 Å². The first-order valence-electron chi connectivity index (χ1n) is 10.4. The number of rotatable bonds is 6. The highest BCUT2D eigenvalue weighted by atomic mass is 16.5. The zero-order valence-electron chi connectivity index (χ0n) is 16.9. The van der Waals surface area contributed by atoms with Crippen LogP contribution in [0.3, 0.4) is 0 Å². The van der Waals surface area contributed by atoms with Gasteiger partial charge in [-0.1, -0.05) is 13.0 Å². The van der Waals surface area contributed by atoms with Crippen molar-refractivity contribution in [2.24, 2.45) is 0 Å². The summed E-state index contributed by atoms with van der Waals surface area (Å²) < 4.78 is 5.71. The maximum atomic E-state index is 12.4. The van der Waals surface area contributed by atoms with Gasteiger partial charge in [0, 0.05) is 50.1 Å². The van der Waals surface area contributed by atoms with E-state index in [2.05, 4.69) is 20.9 Å². The minimum Gasteiger partial charge on any atom is -0.377 e. The highest BCUT2D eigenvalue weighted by molar-refractivity contribution is 5.94. The molecular formula is C21H32N4O3. The van der Waals surface area contributed by atoms with Crippen LogP contribution in [0.1, 0.15) is 44.6 Å². The predicted molar refractivity (Wildman–Crippen MR) is 111 cm³/mol. The number of nitrogens with one attached hydrogen (secondary N) is 3. The molecule has 2 aliphatic heterocycles. The van der Waals surface area contributed by atoms with Gasteiger partial charge in [-0.15, -0.1) is 0 Å². The Bertz CT molecular complexity index is 680. The molecule has 0 bridgehead atoms. The van der Waals surface area contributed by atoms with E-state index in [0.29, 0.717) is 18.2 Å². The normalized spacial score (nSPS) is 20.7. The summed E-state index contributed by atoms with van der Waals surface area (Å²) in [5.41, 5.74) is 2.36. The van der Waals surface area contributed by atoms with Gasteiger partial charge in [-0.2, -0.15) is 0 Å². The number of hydrogen-bond acceptors (Lipinski definition) is 4. The lowest BCUT2D eigenvalue weighted by Crippen LogP contribution is -2.47. The molecule has 2 saturated heterocycles. The number of carbonyl (C=O) groups excluding carboxylic acids is 2. The van der Waals surface area contributed by atoms with Crippen molar-refractivity contribution in [3.8, 4) is 0 Å². The van der Waals surface area contributed by atoms with Crippen molar-refractivity contribution in [1.29, 1.82) is 0 Å². The Hall–Kier alpha value is -2.12. The number of aryl methyl sites for hydroxylation is 1. The number of carbonyl (C=O) groups is 2. The molecule has 2 heterocycles. The average molecular weight is 389 g/mol. The Morgan fingerprint density at radius 2 is 1.96 bits per heavy atom. The van der Waals surface area contributed by atoms with E-state index in [1.54, 1.807) is 6.07 Å². The van der Waals surface area contributed by atoms with Gasteiger partial charge in [0.25, 0.3) is 0 Å². The van der Waals surface area contributed by atoms with Crippen molar-refractivity contribution in [1.82, 2.24) is 10.2 Å². The van der Waals surface area contributed by atoms with Crippen molar-refractivity contribution in [2.45, 2.75) is 58.1 Å². The van der Waals surface area contributed by atoms with E-state index < -0.39 is 0 Å². The molecule has 0 unspecified atom stereocenters. The molecule has 3 N–H and O–H groups in total. The summed E-state index contributed by atoms with van der Waals surface area (Å²) in [7, 11) is 0. The van der Waals surface area contributed by atoms with Gasteiger partial charge in [-0.05, 0) is 50.3 Å². The molecule has 1 aromatic rings. The first-order valence-corrected chi connectivity index (χ1v) is 10.4. The number of hydrogen-bond donors (Lipinski definition) is 3. The van der Waals surface area contributed by atoms with Crippen LogP contribution in [0.5, 0.6) is 0 Å². The van der Waals surface area contributed by atoms with Gasteiger partial charge < -0.3 is 25.6 Å². The Kier molecular flexibility index (Phi) is 7.28. The van der Waals surface area contributed by atoms with Crippen LogP contribution in [0.4, 0.5) is 16.2 Å². The predicted octanol–water partition coefficient (Wildman–Crippen LogP) is 3.11. The molecule has 7 heteroatoms. The second kappa shape index (κ2) is 9.89. The fraction of sp³-hybridized carbons (Fsp3) is 0.619. The van der Waals surface area contributed by atoms with E-state index >= 15 is 0 Å². The largest absolute Gasteiger partial charge is 0.377 e. The smallest absolute Gasteiger partial charge is 0.319 e. The number of anilines is 2. The number of piperidine rings is 1. The molecule has 0 saturated carbocycles. The van der Waals surface area contributed by atoms with Crippen LogP contribution in [0, 0.1) is 6.92 Å². The molecule has 2 aliphatic rings. The van der Waals surface area contributed by atoms with Crippen LogP contribution in [-0.4, -0.2) is 55.2 Å². The molecule has 0 aliphatic carbocycles. The molecule has 0 spiro atoms. The summed E-state index contributed by atoms with van der Waals surface area (Å²) in [5.74, 6) is -0.0422. The molecule has 0 radical (unpaired) electrons. The van der Waals surface area contributed by atoms with Crippen LogP contribution in [0.25, 0.3) is 0 Å². The summed E-state index contributed by atoms with van der Waals surface area (Å²) in [6.07, 6.45) is 5.04. The molecule has 2 fully saturated rings. The number of urea groups is 1. The number of amides is 3. The van der Waals surface area contributed by atoms with Gasteiger partial charge in [0.2, 0.25) is 5.91 Å². The number of nitrogens with zero attached hydrogens (tertiary/aromatic N) is 1. The molecule has 3 amide bonds. The van der Waals surface area contributed by atoms with Gasteiger partial charge in [-0.25, -0.2) is 4.79 Å². The van der Waals surface area contributed by atoms with Gasteiger partial charge in [0.1, 0.15) is 0 Å². The maximum absolute atomic E-state index is 12.4. The lowest BCUT2D eigenvalue weighted by molar-refractivity contribution is -0.115. The second-order valence-corrected chi connectivity index (χ2v) is 7.74. The summed E-state index contributed by atoms with van der Waals surface area (Å²) >= 11 is 0. The Balaban J connectivity index is 1.44. The van der Waals surface area contributed by atoms with E-state index in [4.69, 9.17) is 4.74 Å². The lowest BCUT2D eigenvalue weighted by Gasteiger charge is -2.33. The molecular weight excluding hydrogens is 356 g/mol. The number of likely N-dealkylation sites (tertiary alicyclic amines) is 1. The molecule has 1 aromatic carbocycles. The minimum atomic E-state index is -0.200. The Labute approximate surface area is 167 Å². The van der Waals surface area contributed by atoms with Gasteiger partial charge in [-0.3, -0.25) is 4.79 Å².